The molecular formula is C28H32N6O2. The maximum absolute atomic E-state index is 13.9. The predicted octanol–water partition coefficient (Wildman–Crippen LogP) is 5.67. The van der Waals surface area contributed by atoms with Gasteiger partial charge in [0.1, 0.15) is 0 Å². The monoisotopic (exact) mass is 484 g/mol. The highest BCUT2D eigenvalue weighted by Crippen LogP contribution is 2.39. The number of carbonyl (C=O) groups is 1. The van der Waals surface area contributed by atoms with E-state index in [2.05, 4.69) is 36.3 Å². The average Bonchev–Trinajstić information content (AvgIpc) is 3.62. The highest BCUT2D eigenvalue weighted by Gasteiger charge is 2.33. The molecule has 0 spiro atoms. The van der Waals surface area contributed by atoms with Crippen LogP contribution in [0.15, 0.2) is 41.1 Å². The predicted molar refractivity (Wildman–Crippen MR) is 136 cm³/mol. The normalized spacial score (nSPS) is 22.4. The van der Waals surface area contributed by atoms with Gasteiger partial charge >= 0.3 is 0 Å². The number of rotatable bonds is 4. The number of benzene rings is 1. The molecule has 2 fully saturated rings. The lowest BCUT2D eigenvalue weighted by Crippen LogP contribution is -2.39. The molecule has 4 aromatic rings. The molecule has 3 aromatic heterocycles. The van der Waals surface area contributed by atoms with E-state index in [1.807, 2.05) is 33.7 Å². The molecule has 8 nitrogen and oxygen atoms in total. The highest BCUT2D eigenvalue weighted by atomic mass is 16.5. The highest BCUT2D eigenvalue weighted by molar-refractivity contribution is 6.00. The Bertz CT molecular complexity index is 1420. The maximum Gasteiger partial charge on any atom is 0.258 e. The first-order valence-corrected chi connectivity index (χ1v) is 13.1. The lowest BCUT2D eigenvalue weighted by Gasteiger charge is -2.35. The fourth-order valence-corrected chi connectivity index (χ4v) is 5.97. The molecule has 1 amide bonds. The van der Waals surface area contributed by atoms with Crippen LogP contribution in [0, 0.1) is 19.8 Å². The third kappa shape index (κ3) is 4.08. The number of hydrogen-bond acceptors (Lipinski definition) is 6. The van der Waals surface area contributed by atoms with Crippen molar-refractivity contribution in [2.45, 2.75) is 71.3 Å². The fourth-order valence-electron chi connectivity index (χ4n) is 5.97. The number of carbonyl (C=O) groups excluding carboxylic acids is 1. The second kappa shape index (κ2) is 9.15. The topological polar surface area (TPSA) is 89.4 Å². The van der Waals surface area contributed by atoms with Crippen LogP contribution < -0.4 is 0 Å². The van der Waals surface area contributed by atoms with Crippen LogP contribution >= 0.6 is 0 Å². The van der Waals surface area contributed by atoms with E-state index in [1.54, 1.807) is 6.92 Å². The fraction of sp³-hybridized carbons (Fsp3) is 0.464. The van der Waals surface area contributed by atoms with Crippen molar-refractivity contribution in [3.63, 3.8) is 0 Å². The Labute approximate surface area is 210 Å². The van der Waals surface area contributed by atoms with Gasteiger partial charge in [-0.3, -0.25) is 4.79 Å². The maximum atomic E-state index is 13.9. The molecular weight excluding hydrogens is 452 g/mol. The first-order valence-electron chi connectivity index (χ1n) is 13.1. The van der Waals surface area contributed by atoms with E-state index in [1.165, 1.54) is 30.5 Å². The van der Waals surface area contributed by atoms with E-state index < -0.39 is 0 Å². The van der Waals surface area contributed by atoms with Gasteiger partial charge in [0.2, 0.25) is 0 Å². The number of piperidine rings is 1. The minimum absolute atomic E-state index is 0.0343. The Morgan fingerprint density at radius 3 is 2.72 bits per heavy atom. The molecule has 0 N–H and O–H groups in total. The van der Waals surface area contributed by atoms with Crippen molar-refractivity contribution in [3.05, 3.63) is 64.9 Å². The standard InChI is InChI=1S/C28H32N6O2/c1-17-11-12-20(14-17)26-18(2)16-34-25(30-26)15-23(31-34)24-10-6-7-13-33(24)28(35)22-9-5-4-8-21(22)27-29-19(3)32-36-27/h4-5,8-9,15-17,20,24H,6-7,10-14H2,1-3H3/t17-,20?,24-/m0/s1. The molecule has 0 radical (unpaired) electrons. The molecule has 2 aliphatic rings. The van der Waals surface area contributed by atoms with E-state index in [-0.39, 0.29) is 11.9 Å². The lowest BCUT2D eigenvalue weighted by molar-refractivity contribution is 0.0606. The zero-order chi connectivity index (χ0) is 24.8. The molecule has 1 aliphatic carbocycles. The van der Waals surface area contributed by atoms with Crippen LogP contribution in [0.5, 0.6) is 0 Å². The van der Waals surface area contributed by atoms with Crippen molar-refractivity contribution >= 4 is 11.6 Å². The number of likely N-dealkylation sites (tertiary alicyclic amines) is 1. The van der Waals surface area contributed by atoms with Gasteiger partial charge in [-0.05, 0) is 69.6 Å². The van der Waals surface area contributed by atoms with Gasteiger partial charge in [0.15, 0.2) is 11.5 Å². The van der Waals surface area contributed by atoms with Crippen molar-refractivity contribution in [1.82, 2.24) is 29.6 Å². The molecule has 3 atom stereocenters. The number of fused-ring (bicyclic) bond motifs is 1. The molecule has 1 saturated carbocycles. The number of aryl methyl sites for hydroxylation is 2. The Balaban J connectivity index is 1.34. The minimum Gasteiger partial charge on any atom is -0.334 e. The first-order chi connectivity index (χ1) is 17.5. The second-order valence-electron chi connectivity index (χ2n) is 10.5. The van der Waals surface area contributed by atoms with E-state index in [4.69, 9.17) is 14.6 Å². The zero-order valence-corrected chi connectivity index (χ0v) is 21.1. The quantitative estimate of drug-likeness (QED) is 0.371. The van der Waals surface area contributed by atoms with Crippen LogP contribution in [0.2, 0.25) is 0 Å². The summed E-state index contributed by atoms with van der Waals surface area (Å²) in [6, 6.07) is 9.44. The molecule has 4 heterocycles. The Kier molecular flexibility index (Phi) is 5.82. The van der Waals surface area contributed by atoms with Crippen molar-refractivity contribution in [3.8, 4) is 11.5 Å². The third-order valence-corrected chi connectivity index (χ3v) is 7.79. The number of aromatic nitrogens is 5. The van der Waals surface area contributed by atoms with Crippen molar-refractivity contribution in [2.75, 3.05) is 6.54 Å². The summed E-state index contributed by atoms with van der Waals surface area (Å²) >= 11 is 0. The molecule has 36 heavy (non-hydrogen) atoms. The zero-order valence-electron chi connectivity index (χ0n) is 21.1. The van der Waals surface area contributed by atoms with E-state index in [9.17, 15) is 4.79 Å². The van der Waals surface area contributed by atoms with Crippen LogP contribution in [0.1, 0.15) is 90.5 Å². The number of amides is 1. The number of hydrogen-bond donors (Lipinski definition) is 0. The van der Waals surface area contributed by atoms with Gasteiger partial charge < -0.3 is 9.42 Å². The van der Waals surface area contributed by atoms with Crippen molar-refractivity contribution < 1.29 is 9.32 Å². The molecule has 1 aromatic carbocycles. The van der Waals surface area contributed by atoms with Gasteiger partial charge in [-0.25, -0.2) is 9.50 Å². The molecule has 6 rings (SSSR count). The summed E-state index contributed by atoms with van der Waals surface area (Å²) in [5.41, 5.74) is 5.40. The molecule has 186 valence electrons. The molecule has 8 heteroatoms. The largest absolute Gasteiger partial charge is 0.334 e. The summed E-state index contributed by atoms with van der Waals surface area (Å²) in [4.78, 5) is 25.3. The Morgan fingerprint density at radius 2 is 1.94 bits per heavy atom. The van der Waals surface area contributed by atoms with Crippen molar-refractivity contribution in [1.29, 1.82) is 0 Å². The second-order valence-corrected chi connectivity index (χ2v) is 10.5. The van der Waals surface area contributed by atoms with E-state index >= 15 is 0 Å². The Hall–Kier alpha value is -3.55. The smallest absolute Gasteiger partial charge is 0.258 e. The van der Waals surface area contributed by atoms with Crippen LogP contribution in [-0.2, 0) is 0 Å². The summed E-state index contributed by atoms with van der Waals surface area (Å²) in [6.45, 7) is 6.93. The van der Waals surface area contributed by atoms with Crippen molar-refractivity contribution in [2.24, 2.45) is 5.92 Å². The summed E-state index contributed by atoms with van der Waals surface area (Å²) in [6.07, 6.45) is 8.69. The molecule has 1 aliphatic heterocycles. The van der Waals surface area contributed by atoms with E-state index in [0.29, 0.717) is 35.3 Å². The van der Waals surface area contributed by atoms with Gasteiger partial charge in [0.25, 0.3) is 11.8 Å². The van der Waals surface area contributed by atoms with Crippen LogP contribution in [0.25, 0.3) is 17.1 Å². The van der Waals surface area contributed by atoms with Crippen LogP contribution in [0.4, 0.5) is 0 Å². The molecule has 1 saturated heterocycles. The van der Waals surface area contributed by atoms with E-state index in [0.717, 1.165) is 36.5 Å². The van der Waals surface area contributed by atoms with Crippen LogP contribution in [0.3, 0.4) is 0 Å². The SMILES string of the molecule is Cc1noc(-c2ccccc2C(=O)N2CCCC[C@H]2c2cc3nc(C4CC[C@H](C)C4)c(C)cn3n2)n1. The van der Waals surface area contributed by atoms with Gasteiger partial charge in [0, 0.05) is 24.7 Å². The number of nitrogens with zero attached hydrogens (tertiary/aromatic N) is 6. The third-order valence-electron chi connectivity index (χ3n) is 7.79. The van der Waals surface area contributed by atoms with Gasteiger partial charge in [0.05, 0.1) is 28.6 Å². The average molecular weight is 485 g/mol. The summed E-state index contributed by atoms with van der Waals surface area (Å²) in [5, 5.41) is 8.82. The molecule has 1 unspecified atom stereocenters. The summed E-state index contributed by atoms with van der Waals surface area (Å²) in [5.74, 6) is 2.16. The van der Waals surface area contributed by atoms with Gasteiger partial charge in [-0.2, -0.15) is 10.1 Å². The minimum atomic E-state index is -0.0966. The molecule has 0 bridgehead atoms. The summed E-state index contributed by atoms with van der Waals surface area (Å²) < 4.78 is 7.28. The lowest BCUT2D eigenvalue weighted by atomic mass is 9.97. The van der Waals surface area contributed by atoms with Gasteiger partial charge in [-0.1, -0.05) is 30.6 Å². The Morgan fingerprint density at radius 1 is 1.08 bits per heavy atom. The van der Waals surface area contributed by atoms with Crippen LogP contribution in [-0.4, -0.2) is 42.1 Å². The first kappa shape index (κ1) is 22.9. The van der Waals surface area contributed by atoms with Gasteiger partial charge in [-0.15, -0.1) is 0 Å². The summed E-state index contributed by atoms with van der Waals surface area (Å²) in [7, 11) is 0.